The van der Waals surface area contributed by atoms with Crippen molar-refractivity contribution < 1.29 is 9.53 Å². The fraction of sp³-hybridized carbons (Fsp3) is 0.462. The molecule has 1 aliphatic rings. The number of halogens is 1. The molecule has 0 radical (unpaired) electrons. The molecule has 3 heteroatoms. The van der Waals surface area contributed by atoms with Crippen molar-refractivity contribution in [1.29, 1.82) is 0 Å². The molecule has 2 rings (SSSR count). The first-order valence-corrected chi connectivity index (χ1v) is 5.96. The zero-order valence-electron chi connectivity index (χ0n) is 9.33. The Bertz CT molecular complexity index is 401. The van der Waals surface area contributed by atoms with Crippen molar-refractivity contribution in [3.05, 3.63) is 28.8 Å². The Labute approximate surface area is 101 Å². The second kappa shape index (κ2) is 4.88. The Kier molecular flexibility index (Phi) is 3.49. The van der Waals surface area contributed by atoms with Crippen molar-refractivity contribution in [3.63, 3.8) is 0 Å². The lowest BCUT2D eigenvalue weighted by atomic mass is 9.82. The van der Waals surface area contributed by atoms with Gasteiger partial charge in [0.2, 0.25) is 0 Å². The van der Waals surface area contributed by atoms with E-state index in [1.165, 1.54) is 0 Å². The van der Waals surface area contributed by atoms with Crippen molar-refractivity contribution in [2.75, 3.05) is 7.11 Å². The topological polar surface area (TPSA) is 26.3 Å². The zero-order chi connectivity index (χ0) is 11.5. The fourth-order valence-corrected chi connectivity index (χ4v) is 2.47. The van der Waals surface area contributed by atoms with Gasteiger partial charge in [-0.2, -0.15) is 0 Å². The van der Waals surface area contributed by atoms with Gasteiger partial charge in [-0.15, -0.1) is 0 Å². The lowest BCUT2D eigenvalue weighted by Crippen LogP contribution is -2.17. The third-order valence-corrected chi connectivity index (χ3v) is 3.36. The van der Waals surface area contributed by atoms with E-state index in [4.69, 9.17) is 16.3 Å². The number of ketones is 1. The van der Waals surface area contributed by atoms with Crippen molar-refractivity contribution in [2.24, 2.45) is 0 Å². The van der Waals surface area contributed by atoms with Gasteiger partial charge in [0.25, 0.3) is 0 Å². The van der Waals surface area contributed by atoms with E-state index in [0.717, 1.165) is 30.6 Å². The van der Waals surface area contributed by atoms with E-state index in [0.29, 0.717) is 17.2 Å². The minimum atomic E-state index is -0.0256. The van der Waals surface area contributed by atoms with Gasteiger partial charge < -0.3 is 4.74 Å². The molecular formula is C13H15ClO2. The SMILES string of the molecule is COc1ccc(Cl)cc1[C@H]1CCCCC1=O. The second-order valence-electron chi connectivity index (χ2n) is 4.15. The summed E-state index contributed by atoms with van der Waals surface area (Å²) in [7, 11) is 1.63. The zero-order valence-corrected chi connectivity index (χ0v) is 10.1. The van der Waals surface area contributed by atoms with Crippen LogP contribution in [0, 0.1) is 0 Å². The fourth-order valence-electron chi connectivity index (χ4n) is 2.29. The van der Waals surface area contributed by atoms with E-state index < -0.39 is 0 Å². The highest BCUT2D eigenvalue weighted by atomic mass is 35.5. The maximum atomic E-state index is 11.9. The maximum Gasteiger partial charge on any atom is 0.140 e. The molecule has 0 heterocycles. The summed E-state index contributed by atoms with van der Waals surface area (Å²) in [5.74, 6) is 1.05. The van der Waals surface area contributed by atoms with Gasteiger partial charge in [-0.05, 0) is 31.0 Å². The highest BCUT2D eigenvalue weighted by molar-refractivity contribution is 6.30. The molecule has 0 amide bonds. The number of carbonyl (C=O) groups is 1. The van der Waals surface area contributed by atoms with Crippen molar-refractivity contribution in [1.82, 2.24) is 0 Å². The summed E-state index contributed by atoms with van der Waals surface area (Å²) in [5.41, 5.74) is 0.944. The number of carbonyl (C=O) groups excluding carboxylic acids is 1. The van der Waals surface area contributed by atoms with Crippen molar-refractivity contribution >= 4 is 17.4 Å². The van der Waals surface area contributed by atoms with Crippen molar-refractivity contribution in [2.45, 2.75) is 31.6 Å². The minimum absolute atomic E-state index is 0.0256. The van der Waals surface area contributed by atoms with Gasteiger partial charge >= 0.3 is 0 Å². The average Bonchev–Trinajstić information content (AvgIpc) is 2.29. The first-order chi connectivity index (χ1) is 7.72. The molecule has 0 bridgehead atoms. The Morgan fingerprint density at radius 2 is 2.19 bits per heavy atom. The number of hydrogen-bond acceptors (Lipinski definition) is 2. The van der Waals surface area contributed by atoms with Crippen LogP contribution < -0.4 is 4.74 Å². The van der Waals surface area contributed by atoms with Gasteiger partial charge in [-0.3, -0.25) is 4.79 Å². The molecule has 86 valence electrons. The first-order valence-electron chi connectivity index (χ1n) is 5.58. The summed E-state index contributed by atoms with van der Waals surface area (Å²) in [6.45, 7) is 0. The number of Topliss-reactive ketones (excluding diaryl/α,β-unsaturated/α-hetero) is 1. The van der Waals surface area contributed by atoms with Crippen LogP contribution in [0.3, 0.4) is 0 Å². The summed E-state index contributed by atoms with van der Waals surface area (Å²) in [6, 6.07) is 5.48. The standard InChI is InChI=1S/C13H15ClO2/c1-16-13-7-6-9(14)8-11(13)10-4-2-3-5-12(10)15/h6-8,10H,2-5H2,1H3/t10-/m1/s1. The first kappa shape index (κ1) is 11.5. The predicted molar refractivity (Wildman–Crippen MR) is 64.2 cm³/mol. The van der Waals surface area contributed by atoms with E-state index in [9.17, 15) is 4.79 Å². The van der Waals surface area contributed by atoms with Crippen LogP contribution in [-0.2, 0) is 4.79 Å². The molecule has 1 fully saturated rings. The predicted octanol–water partition coefficient (Wildman–Crippen LogP) is 3.58. The van der Waals surface area contributed by atoms with Gasteiger partial charge in [0.15, 0.2) is 0 Å². The highest BCUT2D eigenvalue weighted by Crippen LogP contribution is 2.36. The van der Waals surface area contributed by atoms with Gasteiger partial charge in [0.1, 0.15) is 11.5 Å². The number of methoxy groups -OCH3 is 1. The largest absolute Gasteiger partial charge is 0.496 e. The van der Waals surface area contributed by atoms with E-state index >= 15 is 0 Å². The van der Waals surface area contributed by atoms with E-state index in [1.54, 1.807) is 13.2 Å². The average molecular weight is 239 g/mol. The lowest BCUT2D eigenvalue weighted by Gasteiger charge is -2.22. The van der Waals surface area contributed by atoms with Crippen molar-refractivity contribution in [3.8, 4) is 5.75 Å². The Morgan fingerprint density at radius 3 is 2.88 bits per heavy atom. The molecule has 0 spiro atoms. The Hall–Kier alpha value is -1.02. The quantitative estimate of drug-likeness (QED) is 0.787. The van der Waals surface area contributed by atoms with Crippen LogP contribution in [0.1, 0.15) is 37.2 Å². The molecule has 1 aromatic rings. The number of ether oxygens (including phenoxy) is 1. The van der Waals surface area contributed by atoms with E-state index in [1.807, 2.05) is 12.1 Å². The second-order valence-corrected chi connectivity index (χ2v) is 4.59. The van der Waals surface area contributed by atoms with Crippen LogP contribution in [0.25, 0.3) is 0 Å². The third kappa shape index (κ3) is 2.22. The molecule has 1 aliphatic carbocycles. The number of hydrogen-bond donors (Lipinski definition) is 0. The summed E-state index contributed by atoms with van der Waals surface area (Å²) < 4.78 is 5.29. The van der Waals surface area contributed by atoms with Crippen LogP contribution in [0.4, 0.5) is 0 Å². The Morgan fingerprint density at radius 1 is 1.38 bits per heavy atom. The molecule has 0 N–H and O–H groups in total. The lowest BCUT2D eigenvalue weighted by molar-refractivity contribution is -0.121. The summed E-state index contributed by atoms with van der Waals surface area (Å²) in [6.07, 6.45) is 3.71. The molecule has 0 aliphatic heterocycles. The van der Waals surface area contributed by atoms with Gasteiger partial charge in [-0.25, -0.2) is 0 Å². The molecule has 1 atom stereocenters. The number of benzene rings is 1. The molecule has 2 nitrogen and oxygen atoms in total. The number of rotatable bonds is 2. The minimum Gasteiger partial charge on any atom is -0.496 e. The Balaban J connectivity index is 2.36. The van der Waals surface area contributed by atoms with Crippen LogP contribution in [0.5, 0.6) is 5.75 Å². The molecule has 0 aromatic heterocycles. The molecule has 1 saturated carbocycles. The summed E-state index contributed by atoms with van der Waals surface area (Å²) in [5, 5.41) is 0.661. The van der Waals surface area contributed by atoms with E-state index in [-0.39, 0.29) is 5.92 Å². The van der Waals surface area contributed by atoms with Gasteiger partial charge in [0.05, 0.1) is 7.11 Å². The molecule has 1 aromatic carbocycles. The summed E-state index contributed by atoms with van der Waals surface area (Å²) in [4.78, 5) is 11.9. The van der Waals surface area contributed by atoms with Crippen LogP contribution >= 0.6 is 11.6 Å². The van der Waals surface area contributed by atoms with Crippen LogP contribution in [0.2, 0.25) is 5.02 Å². The normalized spacial score (nSPS) is 20.9. The highest BCUT2D eigenvalue weighted by Gasteiger charge is 2.26. The summed E-state index contributed by atoms with van der Waals surface area (Å²) >= 11 is 5.97. The van der Waals surface area contributed by atoms with Crippen LogP contribution in [0.15, 0.2) is 18.2 Å². The molecular weight excluding hydrogens is 224 g/mol. The van der Waals surface area contributed by atoms with Gasteiger partial charge in [-0.1, -0.05) is 18.0 Å². The molecule has 0 unspecified atom stereocenters. The van der Waals surface area contributed by atoms with E-state index in [2.05, 4.69) is 0 Å². The van der Waals surface area contributed by atoms with Gasteiger partial charge in [0, 0.05) is 22.9 Å². The molecule has 0 saturated heterocycles. The third-order valence-electron chi connectivity index (χ3n) is 3.12. The van der Waals surface area contributed by atoms with Crippen LogP contribution in [-0.4, -0.2) is 12.9 Å². The monoisotopic (exact) mass is 238 g/mol. The molecule has 16 heavy (non-hydrogen) atoms. The smallest absolute Gasteiger partial charge is 0.140 e. The maximum absolute atomic E-state index is 11.9.